The third kappa shape index (κ3) is 34.6. The van der Waals surface area contributed by atoms with Crippen LogP contribution in [0, 0.1) is 0 Å². The highest BCUT2D eigenvalue weighted by Crippen LogP contribution is 2.29. The molecule has 0 aromatic rings. The minimum atomic E-state index is -1.71. The number of esters is 4. The van der Waals surface area contributed by atoms with Crippen LogP contribution in [-0.4, -0.2) is 195 Å². The van der Waals surface area contributed by atoms with E-state index in [4.69, 9.17) is 37.9 Å². The van der Waals surface area contributed by atoms with Gasteiger partial charge in [0, 0.05) is 33.1 Å². The van der Waals surface area contributed by atoms with Crippen LogP contribution in [0.3, 0.4) is 0 Å². The van der Waals surface area contributed by atoms with E-state index in [1.54, 1.807) is 0 Å². The molecule has 23 heteroatoms. The number of nitrogens with one attached hydrogen (secondary N) is 2. The summed E-state index contributed by atoms with van der Waals surface area (Å²) in [5.41, 5.74) is 0. The third-order valence-electron chi connectivity index (χ3n) is 13.7. The standard InChI is InChI=1S/C55H99N3O19.ClH/c1-41(61)56-43-37-44(63)45(39-59)76-54(43)77-52-46(40-60)75-53(68)50(51(52)67)57-55(69)74-35-28-22-16-10-9-14-20-26-33-72-48(65)30-24-18-12-6-5-11-17-23-29-47(64)71-32-25-19-13-7-8-15-21-27-34-73-49(66)38-58(3,4)31-36-70-42(2)62;/h43-46,50-54,59-60,63,67-68H,5-40H2,1-4H3,(H-,56,57,61,69);1H/t43?,44-,45?,46?,50?,51+,52+,53+,54-;/m1./s1. The van der Waals surface area contributed by atoms with Crippen LogP contribution in [0.1, 0.15) is 187 Å². The topological polar surface area (TPSA) is 301 Å². The number of hydrogen-bond donors (Lipinski definition) is 7. The van der Waals surface area contributed by atoms with E-state index in [-0.39, 0.29) is 62.5 Å². The van der Waals surface area contributed by atoms with Crippen LogP contribution < -0.4 is 23.0 Å². The predicted octanol–water partition coefficient (Wildman–Crippen LogP) is 1.93. The number of carbonyl (C=O) groups is 6. The highest BCUT2D eigenvalue weighted by atomic mass is 35.5. The van der Waals surface area contributed by atoms with E-state index in [1.807, 2.05) is 14.1 Å². The molecule has 22 nitrogen and oxygen atoms in total. The molecule has 0 aromatic heterocycles. The monoisotopic (exact) mass is 1140 g/mol. The lowest BCUT2D eigenvalue weighted by molar-refractivity contribution is -0.883. The zero-order valence-electron chi connectivity index (χ0n) is 47.4. The molecule has 2 aliphatic rings. The summed E-state index contributed by atoms with van der Waals surface area (Å²) in [6.45, 7) is 3.94. The molecule has 0 saturated carbocycles. The van der Waals surface area contributed by atoms with E-state index in [0.29, 0.717) is 50.1 Å². The molecule has 456 valence electrons. The Labute approximate surface area is 470 Å². The molecule has 9 atom stereocenters. The Balaban J connectivity index is 0.0000304. The molecule has 4 unspecified atom stereocenters. The van der Waals surface area contributed by atoms with Crippen molar-refractivity contribution < 1.29 is 109 Å². The molecule has 0 spiro atoms. The summed E-state index contributed by atoms with van der Waals surface area (Å²) in [7, 11) is 3.82. The molecule has 0 radical (unpaired) electrons. The lowest BCUT2D eigenvalue weighted by Crippen LogP contribution is -3.00. The van der Waals surface area contributed by atoms with Gasteiger partial charge in [0.2, 0.25) is 5.91 Å². The molecule has 2 aliphatic heterocycles. The van der Waals surface area contributed by atoms with E-state index in [2.05, 4.69) is 10.6 Å². The van der Waals surface area contributed by atoms with E-state index < -0.39 is 80.4 Å². The molecule has 2 rings (SSSR count). The van der Waals surface area contributed by atoms with Gasteiger partial charge in [-0.2, -0.15) is 0 Å². The normalized spacial score (nSPS) is 22.1. The van der Waals surface area contributed by atoms with Crippen molar-refractivity contribution in [1.29, 1.82) is 0 Å². The number of likely N-dealkylation sites (N-methyl/N-ethyl adjacent to an activating group) is 1. The number of quaternary nitrogens is 1. The average molecular weight is 1140 g/mol. The summed E-state index contributed by atoms with van der Waals surface area (Å²) < 4.78 is 43.8. The van der Waals surface area contributed by atoms with Gasteiger partial charge >= 0.3 is 30.0 Å². The van der Waals surface area contributed by atoms with Gasteiger partial charge < -0.3 is 91.0 Å². The largest absolute Gasteiger partial charge is 1.00 e. The van der Waals surface area contributed by atoms with E-state index in [0.717, 1.165) is 148 Å². The first-order chi connectivity index (χ1) is 37.0. The first kappa shape index (κ1) is 72.6. The third-order valence-corrected chi connectivity index (χ3v) is 13.7. The Morgan fingerprint density at radius 3 is 1.38 bits per heavy atom. The number of ether oxygens (including phenoxy) is 8. The van der Waals surface area contributed by atoms with Crippen molar-refractivity contribution in [3.8, 4) is 0 Å². The minimum Gasteiger partial charge on any atom is -1.00 e. The maximum atomic E-state index is 12.6. The number of alkyl carbamates (subject to hydrolysis) is 1. The maximum Gasteiger partial charge on any atom is 0.407 e. The van der Waals surface area contributed by atoms with Crippen LogP contribution in [0.4, 0.5) is 4.79 Å². The van der Waals surface area contributed by atoms with E-state index >= 15 is 0 Å². The molecular weight excluding hydrogens is 1040 g/mol. The van der Waals surface area contributed by atoms with Crippen LogP contribution in [0.25, 0.3) is 0 Å². The number of halogens is 1. The summed E-state index contributed by atoms with van der Waals surface area (Å²) in [4.78, 5) is 71.7. The van der Waals surface area contributed by atoms with Crippen molar-refractivity contribution in [3.63, 3.8) is 0 Å². The zero-order valence-corrected chi connectivity index (χ0v) is 48.2. The molecule has 2 saturated heterocycles. The summed E-state index contributed by atoms with van der Waals surface area (Å²) >= 11 is 0. The molecule has 0 aliphatic carbocycles. The van der Waals surface area contributed by atoms with Gasteiger partial charge in [-0.05, 0) is 38.5 Å². The number of hydrogen-bond acceptors (Lipinski definition) is 19. The van der Waals surface area contributed by atoms with Crippen molar-refractivity contribution >= 4 is 35.9 Å². The van der Waals surface area contributed by atoms with Gasteiger partial charge in [0.15, 0.2) is 19.1 Å². The van der Waals surface area contributed by atoms with Crippen LogP contribution >= 0.6 is 0 Å². The van der Waals surface area contributed by atoms with Gasteiger partial charge in [-0.3, -0.25) is 19.2 Å². The Hall–Kier alpha value is -3.45. The highest BCUT2D eigenvalue weighted by Gasteiger charge is 2.49. The number of rotatable bonds is 44. The SMILES string of the molecule is CC(=O)NC1C[C@@H](O)C(CO)O[C@@H]1O[C@H]1C(CO)O[C@H](O)C(NC(=O)OCCCCCCCCCCOC(=O)CCCCCCCCCCC(=O)OCCCCCCCCCCOC(=O)C[N+](C)(C)CCOC(C)=O)[C@@H]1O.[Cl-]. The first-order valence-electron chi connectivity index (χ1n) is 28.8. The molecular formula is C55H100ClN3O19. The van der Waals surface area contributed by atoms with Crippen LogP contribution in [0.15, 0.2) is 0 Å². The maximum absolute atomic E-state index is 12.6. The summed E-state index contributed by atoms with van der Waals surface area (Å²) in [5.74, 6) is -1.25. The van der Waals surface area contributed by atoms with Crippen molar-refractivity contribution in [2.75, 3.05) is 73.4 Å². The van der Waals surface area contributed by atoms with Crippen molar-refractivity contribution in [2.24, 2.45) is 0 Å². The van der Waals surface area contributed by atoms with Crippen molar-refractivity contribution in [1.82, 2.24) is 10.6 Å². The number of nitrogens with zero attached hydrogens (tertiary/aromatic N) is 1. The molecule has 0 aromatic carbocycles. The number of carbonyl (C=O) groups excluding carboxylic acids is 6. The second kappa shape index (κ2) is 44.2. The first-order valence-corrected chi connectivity index (χ1v) is 28.8. The number of aliphatic hydroxyl groups is 5. The van der Waals surface area contributed by atoms with Gasteiger partial charge in [-0.15, -0.1) is 0 Å². The number of amides is 2. The van der Waals surface area contributed by atoms with Crippen LogP contribution in [0.2, 0.25) is 0 Å². The molecule has 78 heavy (non-hydrogen) atoms. The Bertz CT molecular complexity index is 1630. The average Bonchev–Trinajstić information content (AvgIpc) is 3.37. The van der Waals surface area contributed by atoms with Gasteiger partial charge in [-0.1, -0.05) is 116 Å². The second-order valence-electron chi connectivity index (χ2n) is 21.3. The fraction of sp³-hybridized carbons (Fsp3) is 0.891. The summed E-state index contributed by atoms with van der Waals surface area (Å²) in [5, 5.41) is 56.5. The van der Waals surface area contributed by atoms with Gasteiger partial charge in [0.05, 0.1) is 65.9 Å². The zero-order chi connectivity index (χ0) is 56.7. The molecule has 2 fully saturated rings. The fourth-order valence-electron chi connectivity index (χ4n) is 9.21. The predicted molar refractivity (Wildman–Crippen MR) is 282 cm³/mol. The molecule has 7 N–H and O–H groups in total. The summed E-state index contributed by atoms with van der Waals surface area (Å²) in [6.07, 6.45) is 14.3. The fourth-order valence-corrected chi connectivity index (χ4v) is 9.21. The number of unbranched alkanes of at least 4 members (excludes halogenated alkanes) is 21. The van der Waals surface area contributed by atoms with Gasteiger partial charge in [0.1, 0.15) is 43.6 Å². The summed E-state index contributed by atoms with van der Waals surface area (Å²) in [6, 6.07) is -2.28. The van der Waals surface area contributed by atoms with E-state index in [9.17, 15) is 54.3 Å². The van der Waals surface area contributed by atoms with Crippen molar-refractivity contribution in [3.05, 3.63) is 0 Å². The Morgan fingerprint density at radius 2 is 0.949 bits per heavy atom. The Morgan fingerprint density at radius 1 is 0.526 bits per heavy atom. The lowest BCUT2D eigenvalue weighted by Gasteiger charge is -2.46. The van der Waals surface area contributed by atoms with Crippen molar-refractivity contribution in [2.45, 2.75) is 242 Å². The highest BCUT2D eigenvalue weighted by molar-refractivity contribution is 5.73. The molecule has 0 bridgehead atoms. The minimum absolute atomic E-state index is 0. The lowest BCUT2D eigenvalue weighted by atomic mass is 9.96. The smallest absolute Gasteiger partial charge is 0.407 e. The van der Waals surface area contributed by atoms with Crippen LogP contribution in [0.5, 0.6) is 0 Å². The van der Waals surface area contributed by atoms with Crippen LogP contribution in [-0.2, 0) is 61.9 Å². The second-order valence-corrected chi connectivity index (χ2v) is 21.3. The Kier molecular flexibility index (Phi) is 41.2. The molecule has 2 heterocycles. The van der Waals surface area contributed by atoms with Gasteiger partial charge in [-0.25, -0.2) is 9.59 Å². The van der Waals surface area contributed by atoms with E-state index in [1.165, 1.54) is 13.8 Å². The molecule has 2 amide bonds. The van der Waals surface area contributed by atoms with Gasteiger partial charge in [0.25, 0.3) is 0 Å². The quantitative estimate of drug-likeness (QED) is 0.0198. The number of aliphatic hydroxyl groups excluding tert-OH is 5.